The molecule has 80 valence electrons. The lowest BCUT2D eigenvalue weighted by atomic mass is 10.2. The predicted molar refractivity (Wildman–Crippen MR) is 61.4 cm³/mol. The van der Waals surface area contributed by atoms with Gasteiger partial charge in [0.25, 0.3) is 0 Å². The summed E-state index contributed by atoms with van der Waals surface area (Å²) >= 11 is 5.65. The zero-order valence-electron chi connectivity index (χ0n) is 8.33. The summed E-state index contributed by atoms with van der Waals surface area (Å²) in [6.07, 6.45) is 5.17. The largest absolute Gasteiger partial charge is 0.398 e. The van der Waals surface area contributed by atoms with E-state index in [1.807, 2.05) is 0 Å². The Morgan fingerprint density at radius 1 is 1.73 bits per heavy atom. The molecule has 0 saturated heterocycles. The van der Waals surface area contributed by atoms with Crippen molar-refractivity contribution in [3.8, 4) is 0 Å². The van der Waals surface area contributed by atoms with Gasteiger partial charge in [-0.1, -0.05) is 23.8 Å². The number of aromatic nitrogens is 1. The van der Waals surface area contributed by atoms with Crippen LogP contribution in [0.1, 0.15) is 12.5 Å². The highest BCUT2D eigenvalue weighted by atomic mass is 35.5. The maximum absolute atomic E-state index is 10.6. The number of halogens is 1. The van der Waals surface area contributed by atoms with E-state index in [0.29, 0.717) is 17.4 Å². The minimum Gasteiger partial charge on any atom is -0.398 e. The molecule has 1 amide bonds. The van der Waals surface area contributed by atoms with E-state index in [-0.39, 0.29) is 5.91 Å². The molecule has 0 spiro atoms. The molecular formula is C10H12ClN3O. The molecule has 5 heteroatoms. The van der Waals surface area contributed by atoms with Crippen LogP contribution in [0.4, 0.5) is 5.69 Å². The van der Waals surface area contributed by atoms with Gasteiger partial charge >= 0.3 is 0 Å². The molecule has 1 heterocycles. The number of hydrogen-bond donors (Lipinski definition) is 2. The van der Waals surface area contributed by atoms with Gasteiger partial charge in [0.15, 0.2) is 0 Å². The van der Waals surface area contributed by atoms with Crippen molar-refractivity contribution in [3.63, 3.8) is 0 Å². The molecule has 0 aliphatic heterocycles. The van der Waals surface area contributed by atoms with Gasteiger partial charge in [0.05, 0.1) is 0 Å². The zero-order chi connectivity index (χ0) is 11.3. The molecule has 15 heavy (non-hydrogen) atoms. The van der Waals surface area contributed by atoms with Crippen LogP contribution in [0.25, 0.3) is 6.08 Å². The van der Waals surface area contributed by atoms with Crippen molar-refractivity contribution in [1.29, 1.82) is 0 Å². The predicted octanol–water partition coefficient (Wildman–Crippen LogP) is 1.47. The Morgan fingerprint density at radius 2 is 2.47 bits per heavy atom. The third-order valence-corrected chi connectivity index (χ3v) is 1.91. The summed E-state index contributed by atoms with van der Waals surface area (Å²) in [5, 5.41) is 3.00. The van der Waals surface area contributed by atoms with Crippen LogP contribution in [0.5, 0.6) is 0 Å². The average molecular weight is 226 g/mol. The van der Waals surface area contributed by atoms with E-state index in [9.17, 15) is 4.79 Å². The Labute approximate surface area is 93.1 Å². The summed E-state index contributed by atoms with van der Waals surface area (Å²) in [4.78, 5) is 14.5. The number of nitrogens with one attached hydrogen (secondary N) is 1. The standard InChI is InChI=1S/C10H12ClN3O/c1-7(15)13-4-2-3-8-6-14-10(11)5-9(8)12/h2-3,5-6H,4H2,1H3,(H2,12,14)(H,13,15). The van der Waals surface area contributed by atoms with Gasteiger partial charge in [0.2, 0.25) is 5.91 Å². The fourth-order valence-electron chi connectivity index (χ4n) is 0.982. The van der Waals surface area contributed by atoms with Crippen molar-refractivity contribution in [2.75, 3.05) is 12.3 Å². The fourth-order valence-corrected chi connectivity index (χ4v) is 1.15. The number of anilines is 1. The van der Waals surface area contributed by atoms with Crippen molar-refractivity contribution in [2.24, 2.45) is 0 Å². The first-order valence-corrected chi connectivity index (χ1v) is 4.79. The van der Waals surface area contributed by atoms with Crippen LogP contribution in [0.2, 0.25) is 5.15 Å². The first kappa shape index (κ1) is 11.5. The number of nitrogens with zero attached hydrogens (tertiary/aromatic N) is 1. The minimum absolute atomic E-state index is 0.0677. The Balaban J connectivity index is 2.60. The quantitative estimate of drug-likeness (QED) is 0.766. The highest BCUT2D eigenvalue weighted by Gasteiger charge is 1.96. The number of nitrogen functional groups attached to an aromatic ring is 1. The van der Waals surface area contributed by atoms with E-state index in [1.54, 1.807) is 24.4 Å². The van der Waals surface area contributed by atoms with Crippen LogP contribution in [-0.2, 0) is 4.79 Å². The number of rotatable bonds is 3. The number of carbonyl (C=O) groups excluding carboxylic acids is 1. The SMILES string of the molecule is CC(=O)NCC=Cc1cnc(Cl)cc1N. The summed E-state index contributed by atoms with van der Waals surface area (Å²) in [7, 11) is 0. The summed E-state index contributed by atoms with van der Waals surface area (Å²) in [6.45, 7) is 1.93. The molecule has 1 rings (SSSR count). The van der Waals surface area contributed by atoms with Crippen LogP contribution in [0.15, 0.2) is 18.3 Å². The highest BCUT2D eigenvalue weighted by molar-refractivity contribution is 6.29. The molecule has 1 aromatic rings. The van der Waals surface area contributed by atoms with Crippen LogP contribution in [-0.4, -0.2) is 17.4 Å². The van der Waals surface area contributed by atoms with Crippen molar-refractivity contribution in [3.05, 3.63) is 29.1 Å². The molecule has 3 N–H and O–H groups in total. The second-order valence-electron chi connectivity index (χ2n) is 2.98. The molecule has 0 saturated carbocycles. The van der Waals surface area contributed by atoms with Crippen LogP contribution in [0, 0.1) is 0 Å². The highest BCUT2D eigenvalue weighted by Crippen LogP contribution is 2.15. The number of amides is 1. The smallest absolute Gasteiger partial charge is 0.217 e. The Bertz CT molecular complexity index is 390. The fraction of sp³-hybridized carbons (Fsp3) is 0.200. The van der Waals surface area contributed by atoms with E-state index in [2.05, 4.69) is 10.3 Å². The maximum atomic E-state index is 10.6. The van der Waals surface area contributed by atoms with Crippen molar-refractivity contribution >= 4 is 29.3 Å². The Hall–Kier alpha value is -1.55. The number of nitrogens with two attached hydrogens (primary N) is 1. The van der Waals surface area contributed by atoms with E-state index in [1.165, 1.54) is 6.92 Å². The minimum atomic E-state index is -0.0677. The maximum Gasteiger partial charge on any atom is 0.217 e. The third-order valence-electron chi connectivity index (χ3n) is 1.70. The Kier molecular flexibility index (Phi) is 4.12. The molecular weight excluding hydrogens is 214 g/mol. The second-order valence-corrected chi connectivity index (χ2v) is 3.36. The molecule has 0 aliphatic rings. The summed E-state index contributed by atoms with van der Waals surface area (Å²) < 4.78 is 0. The average Bonchev–Trinajstić information content (AvgIpc) is 2.14. The van der Waals surface area contributed by atoms with E-state index >= 15 is 0 Å². The van der Waals surface area contributed by atoms with E-state index in [0.717, 1.165) is 5.56 Å². The molecule has 0 bridgehead atoms. The van der Waals surface area contributed by atoms with E-state index < -0.39 is 0 Å². The lowest BCUT2D eigenvalue weighted by molar-refractivity contribution is -0.118. The van der Waals surface area contributed by atoms with Crippen LogP contribution < -0.4 is 11.1 Å². The first-order valence-electron chi connectivity index (χ1n) is 4.41. The van der Waals surface area contributed by atoms with Gasteiger partial charge in [-0.2, -0.15) is 0 Å². The van der Waals surface area contributed by atoms with Gasteiger partial charge in [-0.3, -0.25) is 4.79 Å². The van der Waals surface area contributed by atoms with Crippen molar-refractivity contribution in [1.82, 2.24) is 10.3 Å². The van der Waals surface area contributed by atoms with Gasteiger partial charge in [0.1, 0.15) is 5.15 Å². The number of carbonyl (C=O) groups is 1. The Morgan fingerprint density at radius 3 is 3.07 bits per heavy atom. The molecule has 0 unspecified atom stereocenters. The summed E-state index contributed by atoms with van der Waals surface area (Å²) in [6, 6.07) is 1.58. The van der Waals surface area contributed by atoms with Crippen molar-refractivity contribution < 1.29 is 4.79 Å². The van der Waals surface area contributed by atoms with Gasteiger partial charge in [-0.25, -0.2) is 4.98 Å². The molecule has 0 aromatic carbocycles. The normalized spacial score (nSPS) is 10.5. The monoisotopic (exact) mass is 225 g/mol. The van der Waals surface area contributed by atoms with Crippen LogP contribution >= 0.6 is 11.6 Å². The lowest BCUT2D eigenvalue weighted by Crippen LogP contribution is -2.19. The molecule has 0 atom stereocenters. The van der Waals surface area contributed by atoms with Crippen molar-refractivity contribution in [2.45, 2.75) is 6.92 Å². The van der Waals surface area contributed by atoms with Gasteiger partial charge in [-0.05, 0) is 6.07 Å². The number of pyridine rings is 1. The first-order chi connectivity index (χ1) is 7.09. The summed E-state index contributed by atoms with van der Waals surface area (Å²) in [5.41, 5.74) is 7.05. The zero-order valence-corrected chi connectivity index (χ0v) is 9.08. The molecule has 0 aliphatic carbocycles. The topological polar surface area (TPSA) is 68.0 Å². The van der Waals surface area contributed by atoms with Crippen LogP contribution in [0.3, 0.4) is 0 Å². The van der Waals surface area contributed by atoms with Gasteiger partial charge < -0.3 is 11.1 Å². The molecule has 0 radical (unpaired) electrons. The van der Waals surface area contributed by atoms with Gasteiger partial charge in [-0.15, -0.1) is 0 Å². The molecule has 1 aromatic heterocycles. The van der Waals surface area contributed by atoms with Gasteiger partial charge in [0, 0.05) is 30.9 Å². The summed E-state index contributed by atoms with van der Waals surface area (Å²) in [5.74, 6) is -0.0677. The molecule has 4 nitrogen and oxygen atoms in total. The van der Waals surface area contributed by atoms with E-state index in [4.69, 9.17) is 17.3 Å². The second kappa shape index (κ2) is 5.36. The lowest BCUT2D eigenvalue weighted by Gasteiger charge is -2.00. The molecule has 0 fully saturated rings. The third kappa shape index (κ3) is 3.99. The number of hydrogen-bond acceptors (Lipinski definition) is 3.